The number of methoxy groups -OCH3 is 1. The summed E-state index contributed by atoms with van der Waals surface area (Å²) < 4.78 is 5.11. The second-order valence-corrected chi connectivity index (χ2v) is 6.89. The van der Waals surface area contributed by atoms with E-state index in [-0.39, 0.29) is 17.1 Å². The number of benzene rings is 1. The van der Waals surface area contributed by atoms with Crippen LogP contribution in [0.25, 0.3) is 0 Å². The quantitative estimate of drug-likeness (QED) is 0.694. The van der Waals surface area contributed by atoms with Gasteiger partial charge in [-0.25, -0.2) is 4.79 Å². The van der Waals surface area contributed by atoms with Crippen LogP contribution < -0.4 is 21.1 Å². The van der Waals surface area contributed by atoms with Crippen LogP contribution in [0.2, 0.25) is 0 Å². The fraction of sp³-hybridized carbons (Fsp3) is 0.579. The summed E-state index contributed by atoms with van der Waals surface area (Å²) in [6.07, 6.45) is 5.81. The first-order valence-electron chi connectivity index (χ1n) is 9.16. The lowest BCUT2D eigenvalue weighted by Crippen LogP contribution is -2.55. The van der Waals surface area contributed by atoms with E-state index in [1.165, 1.54) is 32.4 Å². The van der Waals surface area contributed by atoms with E-state index in [9.17, 15) is 9.59 Å². The Morgan fingerprint density at radius 1 is 1.27 bits per heavy atom. The third-order valence-electron chi connectivity index (χ3n) is 5.37. The summed E-state index contributed by atoms with van der Waals surface area (Å²) in [5, 5.41) is 5.77. The van der Waals surface area contributed by atoms with Gasteiger partial charge >= 0.3 is 6.03 Å². The Kier molecular flexibility index (Phi) is 6.85. The number of anilines is 1. The molecule has 0 atom stereocenters. The molecule has 2 rings (SSSR count). The molecular formula is C19H30N4O3. The summed E-state index contributed by atoms with van der Waals surface area (Å²) in [4.78, 5) is 26.2. The van der Waals surface area contributed by atoms with E-state index in [1.807, 2.05) is 0 Å². The molecule has 4 N–H and O–H groups in total. The first-order chi connectivity index (χ1) is 12.4. The zero-order valence-corrected chi connectivity index (χ0v) is 15.9. The van der Waals surface area contributed by atoms with Gasteiger partial charge in [-0.1, -0.05) is 26.2 Å². The largest absolute Gasteiger partial charge is 0.496 e. The topological polar surface area (TPSA) is 96.7 Å². The number of carbonyl (C=O) groups excluding carboxylic acids is 2. The molecule has 144 valence electrons. The minimum absolute atomic E-state index is 0.0165. The Balaban J connectivity index is 2.01. The molecule has 7 nitrogen and oxygen atoms in total. The van der Waals surface area contributed by atoms with Crippen LogP contribution in [0.5, 0.6) is 5.75 Å². The summed E-state index contributed by atoms with van der Waals surface area (Å²) in [6, 6.07) is 4.53. The van der Waals surface area contributed by atoms with Crippen LogP contribution in [0.15, 0.2) is 18.2 Å². The zero-order chi connectivity index (χ0) is 19.2. The van der Waals surface area contributed by atoms with Crippen molar-refractivity contribution in [2.75, 3.05) is 32.6 Å². The summed E-state index contributed by atoms with van der Waals surface area (Å²) in [7, 11) is 3.59. The fourth-order valence-electron chi connectivity index (χ4n) is 3.64. The van der Waals surface area contributed by atoms with Crippen LogP contribution in [-0.4, -0.2) is 49.6 Å². The van der Waals surface area contributed by atoms with Crippen molar-refractivity contribution in [2.45, 2.75) is 44.6 Å². The number of hydrogen-bond donors (Lipinski definition) is 3. The van der Waals surface area contributed by atoms with Gasteiger partial charge in [0.25, 0.3) is 5.91 Å². The zero-order valence-electron chi connectivity index (χ0n) is 15.9. The van der Waals surface area contributed by atoms with Crippen molar-refractivity contribution >= 4 is 17.6 Å². The number of urea groups is 1. The molecule has 7 heteroatoms. The maximum absolute atomic E-state index is 12.4. The third-order valence-corrected chi connectivity index (χ3v) is 5.37. The van der Waals surface area contributed by atoms with Crippen molar-refractivity contribution in [3.63, 3.8) is 0 Å². The number of nitrogens with zero attached hydrogens (tertiary/aromatic N) is 1. The molecule has 0 saturated heterocycles. The van der Waals surface area contributed by atoms with Gasteiger partial charge in [-0.2, -0.15) is 0 Å². The predicted molar refractivity (Wildman–Crippen MR) is 103 cm³/mol. The van der Waals surface area contributed by atoms with Crippen LogP contribution in [0.1, 0.15) is 49.4 Å². The second-order valence-electron chi connectivity index (χ2n) is 6.89. The van der Waals surface area contributed by atoms with Gasteiger partial charge in [-0.15, -0.1) is 0 Å². The number of ether oxygens (including phenoxy) is 1. The maximum Gasteiger partial charge on any atom is 0.319 e. The van der Waals surface area contributed by atoms with Gasteiger partial charge in [0.15, 0.2) is 0 Å². The molecule has 0 heterocycles. The highest BCUT2D eigenvalue weighted by atomic mass is 16.5. The Bertz CT molecular complexity index is 642. The average molecular weight is 362 g/mol. The minimum atomic E-state index is -0.600. The van der Waals surface area contributed by atoms with E-state index in [0.717, 1.165) is 19.4 Å². The number of amides is 3. The molecule has 1 aliphatic rings. The second kappa shape index (κ2) is 8.89. The van der Waals surface area contributed by atoms with Crippen molar-refractivity contribution in [2.24, 2.45) is 5.73 Å². The Morgan fingerprint density at radius 3 is 2.54 bits per heavy atom. The smallest absolute Gasteiger partial charge is 0.319 e. The Labute approximate surface area is 155 Å². The number of primary amides is 1. The highest BCUT2D eigenvalue weighted by Crippen LogP contribution is 2.32. The fourth-order valence-corrected chi connectivity index (χ4v) is 3.64. The van der Waals surface area contributed by atoms with Crippen LogP contribution in [-0.2, 0) is 0 Å². The van der Waals surface area contributed by atoms with E-state index >= 15 is 0 Å². The Morgan fingerprint density at radius 2 is 1.96 bits per heavy atom. The molecule has 1 saturated carbocycles. The molecule has 0 unspecified atom stereocenters. The molecule has 0 radical (unpaired) electrons. The van der Waals surface area contributed by atoms with Crippen LogP contribution >= 0.6 is 0 Å². The van der Waals surface area contributed by atoms with Crippen molar-refractivity contribution in [3.05, 3.63) is 23.8 Å². The first kappa shape index (κ1) is 20.0. The molecule has 0 spiro atoms. The van der Waals surface area contributed by atoms with Crippen LogP contribution in [0.3, 0.4) is 0 Å². The van der Waals surface area contributed by atoms with Gasteiger partial charge in [0.2, 0.25) is 0 Å². The van der Waals surface area contributed by atoms with E-state index < -0.39 is 5.91 Å². The standard InChI is InChI=1S/C19H30N4O3/c1-4-23(2)19(10-6-5-7-11-19)13-21-18(25)22-14-8-9-16(26-3)15(12-14)17(20)24/h8-9,12H,4-7,10-11,13H2,1-3H3,(H2,20,24)(H2,21,22,25). The lowest BCUT2D eigenvalue weighted by atomic mass is 9.80. The number of nitrogens with two attached hydrogens (primary N) is 1. The molecule has 3 amide bonds. The van der Waals surface area contributed by atoms with Gasteiger partial charge < -0.3 is 21.1 Å². The number of hydrogen-bond acceptors (Lipinski definition) is 4. The van der Waals surface area contributed by atoms with Crippen molar-refractivity contribution in [1.82, 2.24) is 10.2 Å². The minimum Gasteiger partial charge on any atom is -0.496 e. The molecule has 0 aromatic heterocycles. The molecule has 1 fully saturated rings. The Hall–Kier alpha value is -2.28. The van der Waals surface area contributed by atoms with Crippen molar-refractivity contribution < 1.29 is 14.3 Å². The first-order valence-corrected chi connectivity index (χ1v) is 9.16. The lowest BCUT2D eigenvalue weighted by Gasteiger charge is -2.44. The van der Waals surface area contributed by atoms with Crippen molar-refractivity contribution in [1.29, 1.82) is 0 Å². The number of carbonyl (C=O) groups is 2. The average Bonchev–Trinajstić information content (AvgIpc) is 2.66. The molecule has 26 heavy (non-hydrogen) atoms. The molecular weight excluding hydrogens is 332 g/mol. The molecule has 1 aromatic carbocycles. The van der Waals surface area contributed by atoms with E-state index in [4.69, 9.17) is 10.5 Å². The monoisotopic (exact) mass is 362 g/mol. The van der Waals surface area contributed by atoms with E-state index in [1.54, 1.807) is 12.1 Å². The summed E-state index contributed by atoms with van der Waals surface area (Å²) in [5.74, 6) is -0.217. The lowest BCUT2D eigenvalue weighted by molar-refractivity contribution is 0.0817. The van der Waals surface area contributed by atoms with Gasteiger partial charge in [0.1, 0.15) is 5.75 Å². The van der Waals surface area contributed by atoms with Gasteiger partial charge in [0.05, 0.1) is 12.7 Å². The maximum atomic E-state index is 12.4. The van der Waals surface area contributed by atoms with Gasteiger partial charge in [-0.05, 0) is 44.6 Å². The van der Waals surface area contributed by atoms with Gasteiger partial charge in [0, 0.05) is 17.8 Å². The summed E-state index contributed by atoms with van der Waals surface area (Å²) in [5.41, 5.74) is 6.11. The predicted octanol–water partition coefficient (Wildman–Crippen LogP) is 2.57. The molecule has 1 aliphatic carbocycles. The van der Waals surface area contributed by atoms with Crippen molar-refractivity contribution in [3.8, 4) is 5.75 Å². The number of nitrogens with one attached hydrogen (secondary N) is 2. The molecule has 0 aliphatic heterocycles. The highest BCUT2D eigenvalue weighted by molar-refractivity contribution is 5.98. The molecule has 1 aromatic rings. The van der Waals surface area contributed by atoms with Crippen LogP contribution in [0, 0.1) is 0 Å². The van der Waals surface area contributed by atoms with Crippen LogP contribution in [0.4, 0.5) is 10.5 Å². The summed E-state index contributed by atoms with van der Waals surface area (Å²) >= 11 is 0. The summed E-state index contributed by atoms with van der Waals surface area (Å²) in [6.45, 7) is 3.69. The number of rotatable bonds is 7. The van der Waals surface area contributed by atoms with E-state index in [2.05, 4.69) is 29.5 Å². The molecule has 0 bridgehead atoms. The van der Waals surface area contributed by atoms with E-state index in [0.29, 0.717) is 18.0 Å². The SMILES string of the molecule is CCN(C)C1(CNC(=O)Nc2ccc(OC)c(C(N)=O)c2)CCCCC1. The third kappa shape index (κ3) is 4.66. The van der Waals surface area contributed by atoms with Gasteiger partial charge in [-0.3, -0.25) is 9.69 Å². The number of likely N-dealkylation sites (N-methyl/N-ethyl adjacent to an activating group) is 1. The highest BCUT2D eigenvalue weighted by Gasteiger charge is 2.35. The normalized spacial score (nSPS) is 16.2.